The molecular formula is C17H22N4O2S. The van der Waals surface area contributed by atoms with Crippen molar-refractivity contribution in [2.45, 2.75) is 13.8 Å². The molecule has 7 heteroatoms. The molecule has 128 valence electrons. The van der Waals surface area contributed by atoms with Gasteiger partial charge in [-0.05, 0) is 57.4 Å². The van der Waals surface area contributed by atoms with Crippen LogP contribution in [0, 0.1) is 19.8 Å². The third-order valence-electron chi connectivity index (χ3n) is 3.74. The van der Waals surface area contributed by atoms with Crippen LogP contribution >= 0.6 is 12.2 Å². The van der Waals surface area contributed by atoms with Crippen molar-refractivity contribution in [3.8, 4) is 0 Å². The van der Waals surface area contributed by atoms with Gasteiger partial charge in [0.2, 0.25) is 5.91 Å². The normalized spacial score (nSPS) is 18.6. The van der Waals surface area contributed by atoms with Gasteiger partial charge < -0.3 is 10.2 Å². The van der Waals surface area contributed by atoms with Crippen molar-refractivity contribution in [3.63, 3.8) is 0 Å². The highest BCUT2D eigenvalue weighted by Gasteiger charge is 2.38. The van der Waals surface area contributed by atoms with Gasteiger partial charge in [-0.3, -0.25) is 19.5 Å². The number of carbonyl (C=O) groups is 2. The maximum atomic E-state index is 12.8. The van der Waals surface area contributed by atoms with Crippen LogP contribution in [0.1, 0.15) is 11.1 Å². The van der Waals surface area contributed by atoms with E-state index in [0.717, 1.165) is 17.7 Å². The molecule has 1 atom stereocenters. The first-order chi connectivity index (χ1) is 11.3. The highest BCUT2D eigenvalue weighted by atomic mass is 32.1. The van der Waals surface area contributed by atoms with Crippen molar-refractivity contribution >= 4 is 41.0 Å². The molecule has 0 aromatic heterocycles. The molecule has 1 aliphatic heterocycles. The molecule has 2 rings (SSSR count). The van der Waals surface area contributed by atoms with E-state index in [1.165, 1.54) is 11.1 Å². The van der Waals surface area contributed by atoms with Gasteiger partial charge in [-0.15, -0.1) is 0 Å². The third kappa shape index (κ3) is 4.04. The monoisotopic (exact) mass is 346 g/mol. The van der Waals surface area contributed by atoms with Crippen LogP contribution in [0.3, 0.4) is 0 Å². The van der Waals surface area contributed by atoms with E-state index in [2.05, 4.69) is 10.3 Å². The number of benzene rings is 1. The van der Waals surface area contributed by atoms with E-state index >= 15 is 0 Å². The number of anilines is 1. The van der Waals surface area contributed by atoms with Crippen molar-refractivity contribution in [3.05, 3.63) is 29.3 Å². The molecule has 24 heavy (non-hydrogen) atoms. The molecule has 6 nitrogen and oxygen atoms in total. The molecule has 1 aromatic carbocycles. The Morgan fingerprint density at radius 2 is 2.04 bits per heavy atom. The summed E-state index contributed by atoms with van der Waals surface area (Å²) < 4.78 is 0. The summed E-state index contributed by atoms with van der Waals surface area (Å²) in [5.74, 6) is -1.76. The largest absolute Gasteiger partial charge is 0.308 e. The highest BCUT2D eigenvalue weighted by molar-refractivity contribution is 7.80. The van der Waals surface area contributed by atoms with Gasteiger partial charge in [0, 0.05) is 12.8 Å². The number of carbonyl (C=O) groups excluding carboxylic acids is 2. The van der Waals surface area contributed by atoms with Crippen LogP contribution < -0.4 is 10.2 Å². The number of aryl methyl sites for hydroxylation is 2. The van der Waals surface area contributed by atoms with Gasteiger partial charge in [0.05, 0.1) is 12.2 Å². The highest BCUT2D eigenvalue weighted by Crippen LogP contribution is 2.25. The predicted molar refractivity (Wildman–Crippen MR) is 99.5 cm³/mol. The lowest BCUT2D eigenvalue weighted by molar-refractivity contribution is -0.130. The average Bonchev–Trinajstić information content (AvgIpc) is 2.49. The van der Waals surface area contributed by atoms with Crippen molar-refractivity contribution in [2.75, 3.05) is 32.1 Å². The molecule has 0 spiro atoms. The summed E-state index contributed by atoms with van der Waals surface area (Å²) in [5.41, 5.74) is 2.62. The molecule has 1 heterocycles. The maximum Gasteiger partial charge on any atom is 0.251 e. The number of aliphatic imine (C=N–C) groups is 1. The van der Waals surface area contributed by atoms with E-state index in [9.17, 15) is 9.59 Å². The molecule has 1 N–H and O–H groups in total. The molecule has 0 radical (unpaired) electrons. The van der Waals surface area contributed by atoms with Crippen molar-refractivity contribution in [1.29, 1.82) is 0 Å². The van der Waals surface area contributed by atoms with Crippen LogP contribution in [0.25, 0.3) is 0 Å². The lowest BCUT2D eigenvalue weighted by Crippen LogP contribution is -2.58. The van der Waals surface area contributed by atoms with Crippen LogP contribution in [-0.2, 0) is 9.59 Å². The van der Waals surface area contributed by atoms with Crippen LogP contribution in [0.2, 0.25) is 0 Å². The van der Waals surface area contributed by atoms with Crippen LogP contribution in [0.5, 0.6) is 0 Å². The summed E-state index contributed by atoms with van der Waals surface area (Å²) in [6.07, 6.45) is 1.42. The molecule has 0 bridgehead atoms. The topological polar surface area (TPSA) is 65.0 Å². The van der Waals surface area contributed by atoms with Gasteiger partial charge >= 0.3 is 0 Å². The lowest BCUT2D eigenvalue weighted by atomic mass is 10.0. The summed E-state index contributed by atoms with van der Waals surface area (Å²) in [7, 11) is 3.88. The number of nitrogens with one attached hydrogen (secondary N) is 1. The number of rotatable bonds is 5. The van der Waals surface area contributed by atoms with Crippen LogP contribution in [0.4, 0.5) is 5.69 Å². The average molecular weight is 346 g/mol. The van der Waals surface area contributed by atoms with Crippen molar-refractivity contribution in [1.82, 2.24) is 10.2 Å². The zero-order valence-electron chi connectivity index (χ0n) is 14.4. The Hall–Kier alpha value is -2.12. The zero-order valence-corrected chi connectivity index (χ0v) is 15.2. The summed E-state index contributed by atoms with van der Waals surface area (Å²) in [6.45, 7) is 5.12. The number of amides is 2. The van der Waals surface area contributed by atoms with Crippen LogP contribution in [-0.4, -0.2) is 55.2 Å². The van der Waals surface area contributed by atoms with Gasteiger partial charge in [-0.2, -0.15) is 0 Å². The van der Waals surface area contributed by atoms with Crippen molar-refractivity contribution in [2.24, 2.45) is 10.9 Å². The molecule has 1 fully saturated rings. The van der Waals surface area contributed by atoms with Gasteiger partial charge in [0.15, 0.2) is 11.0 Å². The summed E-state index contributed by atoms with van der Waals surface area (Å²) in [6, 6.07) is 5.78. The third-order valence-corrected chi connectivity index (χ3v) is 4.02. The number of hydrogen-bond donors (Lipinski definition) is 1. The fourth-order valence-corrected chi connectivity index (χ4v) is 2.64. The number of nitrogens with zero attached hydrogens (tertiary/aromatic N) is 3. The van der Waals surface area contributed by atoms with Gasteiger partial charge in [0.1, 0.15) is 0 Å². The van der Waals surface area contributed by atoms with E-state index < -0.39 is 11.8 Å². The Morgan fingerprint density at radius 3 is 2.71 bits per heavy atom. The second-order valence-corrected chi connectivity index (χ2v) is 6.48. The SMILES string of the molecule is Cc1ccc(C)c(N2C(=O)[C@H](C=NCCN(C)C)C(=O)NC2=S)c1. The number of thiocarbonyl (C=S) groups is 1. The van der Waals surface area contributed by atoms with E-state index in [-0.39, 0.29) is 11.0 Å². The first-order valence-electron chi connectivity index (χ1n) is 7.72. The van der Waals surface area contributed by atoms with Gasteiger partial charge in [-0.25, -0.2) is 0 Å². The van der Waals surface area contributed by atoms with E-state index in [1.807, 2.05) is 51.0 Å². The summed E-state index contributed by atoms with van der Waals surface area (Å²) >= 11 is 5.21. The fourth-order valence-electron chi connectivity index (χ4n) is 2.35. The Balaban J connectivity index is 2.26. The molecule has 0 unspecified atom stereocenters. The second kappa shape index (κ2) is 7.63. The van der Waals surface area contributed by atoms with Crippen molar-refractivity contribution < 1.29 is 9.59 Å². The predicted octanol–water partition coefficient (Wildman–Crippen LogP) is 1.30. The maximum absolute atomic E-state index is 12.8. The molecule has 1 aromatic rings. The molecule has 1 aliphatic rings. The first kappa shape index (κ1) is 18.2. The quantitative estimate of drug-likeness (QED) is 0.496. The molecule has 1 saturated heterocycles. The Kier molecular flexibility index (Phi) is 5.80. The molecular weight excluding hydrogens is 324 g/mol. The van der Waals surface area contributed by atoms with E-state index in [4.69, 9.17) is 12.2 Å². The Bertz CT molecular complexity index is 700. The van der Waals surface area contributed by atoms with Gasteiger partial charge in [-0.1, -0.05) is 12.1 Å². The standard InChI is InChI=1S/C17H22N4O2S/c1-11-5-6-12(2)14(9-11)21-16(23)13(15(22)19-17(21)24)10-18-7-8-20(3)4/h5-6,9-10,13H,7-8H2,1-4H3,(H,19,22,24)/t13-/m1/s1. The second-order valence-electron chi connectivity index (χ2n) is 6.09. The summed E-state index contributed by atoms with van der Waals surface area (Å²) in [4.78, 5) is 32.5. The lowest BCUT2D eigenvalue weighted by Gasteiger charge is -2.32. The van der Waals surface area contributed by atoms with Gasteiger partial charge in [0.25, 0.3) is 5.91 Å². The van der Waals surface area contributed by atoms with E-state index in [1.54, 1.807) is 0 Å². The Labute approximate surface area is 147 Å². The minimum absolute atomic E-state index is 0.108. The molecule has 0 aliphatic carbocycles. The smallest absolute Gasteiger partial charge is 0.251 e. The number of hydrogen-bond acceptors (Lipinski definition) is 5. The zero-order chi connectivity index (χ0) is 17.9. The minimum atomic E-state index is -0.959. The first-order valence-corrected chi connectivity index (χ1v) is 8.13. The summed E-state index contributed by atoms with van der Waals surface area (Å²) in [5, 5.41) is 2.71. The fraction of sp³-hybridized carbons (Fsp3) is 0.412. The molecule has 2 amide bonds. The van der Waals surface area contributed by atoms with E-state index in [0.29, 0.717) is 12.2 Å². The number of likely N-dealkylation sites (N-methyl/N-ethyl adjacent to an activating group) is 1. The van der Waals surface area contributed by atoms with Crippen LogP contribution in [0.15, 0.2) is 23.2 Å². The minimum Gasteiger partial charge on any atom is -0.308 e. The molecule has 0 saturated carbocycles. The Morgan fingerprint density at radius 1 is 1.33 bits per heavy atom.